The van der Waals surface area contributed by atoms with Crippen LogP contribution in [-0.4, -0.2) is 56.9 Å². The number of benzene rings is 5. The Morgan fingerprint density at radius 3 is 1.70 bits per heavy atom. The molecule has 0 fully saturated rings. The van der Waals surface area contributed by atoms with E-state index in [0.29, 0.717) is 59.9 Å². The van der Waals surface area contributed by atoms with E-state index >= 15 is 0 Å². The molecule has 2 aliphatic rings. The third kappa shape index (κ3) is 3.10. The molecule has 0 saturated carbocycles. The summed E-state index contributed by atoms with van der Waals surface area (Å²) in [6, 6.07) is 15.1. The van der Waals surface area contributed by atoms with Crippen molar-refractivity contribution < 1.29 is 24.6 Å². The van der Waals surface area contributed by atoms with Gasteiger partial charge in [0.1, 0.15) is 0 Å². The van der Waals surface area contributed by atoms with Crippen LogP contribution < -0.4 is 0 Å². The van der Waals surface area contributed by atoms with Gasteiger partial charge < -0.3 is 15.1 Å². The van der Waals surface area contributed by atoms with E-state index < -0.39 is 6.23 Å². The highest BCUT2D eigenvalue weighted by Gasteiger charge is 2.38. The Bertz CT molecular complexity index is 1820. The minimum absolute atomic E-state index is 0.0401. The second kappa shape index (κ2) is 8.98. The van der Waals surface area contributed by atoms with E-state index in [-0.39, 0.29) is 30.4 Å². The van der Waals surface area contributed by atoms with Crippen LogP contribution in [0.25, 0.3) is 43.1 Å². The molecule has 2 heterocycles. The Balaban J connectivity index is 1.51. The Morgan fingerprint density at radius 1 is 0.675 bits per heavy atom. The minimum Gasteiger partial charge on any atom is -0.396 e. The SMILES string of the molecule is CCC(CC)N1C(=O)c2ccc3c4ccc5c6c(ccc(c7ccc(c2c37)C1=O)c64)C(O)N(CCCCO)C5=O. The Kier molecular flexibility index (Phi) is 5.60. The molecule has 202 valence electrons. The van der Waals surface area contributed by atoms with Crippen molar-refractivity contribution in [2.45, 2.75) is 51.8 Å². The summed E-state index contributed by atoms with van der Waals surface area (Å²) in [4.78, 5) is 43.8. The first-order valence-electron chi connectivity index (χ1n) is 14.1. The summed E-state index contributed by atoms with van der Waals surface area (Å²) in [5.74, 6) is -0.725. The molecule has 0 radical (unpaired) electrons. The first-order valence-corrected chi connectivity index (χ1v) is 14.1. The zero-order chi connectivity index (χ0) is 27.9. The zero-order valence-electron chi connectivity index (χ0n) is 22.5. The van der Waals surface area contributed by atoms with Crippen molar-refractivity contribution in [2.75, 3.05) is 13.2 Å². The molecule has 7 heteroatoms. The largest absolute Gasteiger partial charge is 0.396 e. The number of aliphatic hydroxyl groups is 2. The summed E-state index contributed by atoms with van der Waals surface area (Å²) in [7, 11) is 0. The van der Waals surface area contributed by atoms with Crippen molar-refractivity contribution in [1.82, 2.24) is 9.80 Å². The maximum atomic E-state index is 13.7. The topological polar surface area (TPSA) is 98.2 Å². The lowest BCUT2D eigenvalue weighted by atomic mass is 9.82. The van der Waals surface area contributed by atoms with Gasteiger partial charge >= 0.3 is 0 Å². The van der Waals surface area contributed by atoms with Gasteiger partial charge in [-0.1, -0.05) is 44.2 Å². The molecular weight excluding hydrogens is 504 g/mol. The standard InChI is InChI=1S/C33H30N2O5/c1-3-17(4-2)35-32(39)24-13-9-20-18-7-11-22-28-23(31(38)34(30(22)37)15-5-6-16-36)12-8-19(26(18)28)21-10-14-25(33(35)40)29(24)27(20)21/h7-14,17,30,36-37H,3-6,15-16H2,1-2H3. The third-order valence-electron chi connectivity index (χ3n) is 9.01. The van der Waals surface area contributed by atoms with E-state index in [1.165, 1.54) is 9.80 Å². The lowest BCUT2D eigenvalue weighted by Crippen LogP contribution is -2.46. The molecule has 2 N–H and O–H groups in total. The number of hydrogen-bond acceptors (Lipinski definition) is 5. The molecule has 3 amide bonds. The number of hydrogen-bond donors (Lipinski definition) is 2. The van der Waals surface area contributed by atoms with Gasteiger partial charge in [-0.3, -0.25) is 19.3 Å². The van der Waals surface area contributed by atoms with E-state index in [4.69, 9.17) is 0 Å². The molecule has 0 saturated heterocycles. The van der Waals surface area contributed by atoms with Crippen LogP contribution in [0.4, 0.5) is 0 Å². The van der Waals surface area contributed by atoms with Gasteiger partial charge in [-0.25, -0.2) is 0 Å². The minimum atomic E-state index is -1.08. The molecule has 1 atom stereocenters. The molecular formula is C33H30N2O5. The molecule has 0 bridgehead atoms. The molecule has 0 aromatic heterocycles. The number of carbonyl (C=O) groups excluding carboxylic acids is 3. The number of aliphatic hydroxyl groups excluding tert-OH is 2. The van der Waals surface area contributed by atoms with Crippen molar-refractivity contribution in [3.05, 3.63) is 70.8 Å². The number of nitrogens with zero attached hydrogens (tertiary/aromatic N) is 2. The molecule has 7 nitrogen and oxygen atoms in total. The summed E-state index contributed by atoms with van der Waals surface area (Å²) in [6.07, 6.45) is 1.48. The highest BCUT2D eigenvalue weighted by Crippen LogP contribution is 2.47. The van der Waals surface area contributed by atoms with Gasteiger partial charge in [0.25, 0.3) is 17.7 Å². The summed E-state index contributed by atoms with van der Waals surface area (Å²) >= 11 is 0. The highest BCUT2D eigenvalue weighted by molar-refractivity contribution is 6.39. The fourth-order valence-electron chi connectivity index (χ4n) is 7.05. The average Bonchev–Trinajstić information content (AvgIpc) is 2.97. The number of carbonyl (C=O) groups is 3. The van der Waals surface area contributed by atoms with Crippen LogP contribution in [0.2, 0.25) is 0 Å². The fraction of sp³-hybridized carbons (Fsp3) is 0.303. The van der Waals surface area contributed by atoms with Gasteiger partial charge in [0, 0.05) is 52.2 Å². The van der Waals surface area contributed by atoms with Crippen LogP contribution in [0.1, 0.15) is 82.4 Å². The van der Waals surface area contributed by atoms with Crippen molar-refractivity contribution in [3.8, 4) is 0 Å². The van der Waals surface area contributed by atoms with Gasteiger partial charge in [-0.2, -0.15) is 0 Å². The Morgan fingerprint density at radius 2 is 1.18 bits per heavy atom. The van der Waals surface area contributed by atoms with Crippen LogP contribution in [0.15, 0.2) is 48.5 Å². The zero-order valence-corrected chi connectivity index (χ0v) is 22.5. The molecule has 40 heavy (non-hydrogen) atoms. The highest BCUT2D eigenvalue weighted by atomic mass is 16.3. The van der Waals surface area contributed by atoms with Crippen LogP contribution in [0, 0.1) is 0 Å². The number of fused-ring (bicyclic) bond motifs is 2. The smallest absolute Gasteiger partial charge is 0.261 e. The number of imide groups is 1. The van der Waals surface area contributed by atoms with Gasteiger partial charge in [-0.15, -0.1) is 0 Å². The molecule has 5 aromatic carbocycles. The first-order chi connectivity index (χ1) is 19.4. The lowest BCUT2D eigenvalue weighted by Gasteiger charge is -2.35. The summed E-state index contributed by atoms with van der Waals surface area (Å²) in [5, 5.41) is 27.3. The van der Waals surface area contributed by atoms with E-state index in [9.17, 15) is 24.6 Å². The van der Waals surface area contributed by atoms with E-state index in [0.717, 1.165) is 37.7 Å². The first kappa shape index (κ1) is 24.9. The van der Waals surface area contributed by atoms with E-state index in [1.807, 2.05) is 62.4 Å². The van der Waals surface area contributed by atoms with Gasteiger partial charge in [0.05, 0.1) is 0 Å². The predicted molar refractivity (Wildman–Crippen MR) is 155 cm³/mol. The second-order valence-corrected chi connectivity index (χ2v) is 10.9. The van der Waals surface area contributed by atoms with Crippen molar-refractivity contribution in [3.63, 3.8) is 0 Å². The number of amides is 3. The van der Waals surface area contributed by atoms with Crippen molar-refractivity contribution in [2.24, 2.45) is 0 Å². The summed E-state index contributed by atoms with van der Waals surface area (Å²) in [5.41, 5.74) is 2.31. The monoisotopic (exact) mass is 534 g/mol. The quantitative estimate of drug-likeness (QED) is 0.120. The summed E-state index contributed by atoms with van der Waals surface area (Å²) in [6.45, 7) is 4.39. The second-order valence-electron chi connectivity index (χ2n) is 10.9. The normalized spacial score (nSPS) is 17.1. The summed E-state index contributed by atoms with van der Waals surface area (Å²) < 4.78 is 0. The average molecular weight is 535 g/mol. The predicted octanol–water partition coefficient (Wildman–Crippen LogP) is 5.74. The van der Waals surface area contributed by atoms with Crippen molar-refractivity contribution >= 4 is 60.8 Å². The van der Waals surface area contributed by atoms with Crippen LogP contribution in [0.3, 0.4) is 0 Å². The molecule has 2 aliphatic heterocycles. The third-order valence-corrected chi connectivity index (χ3v) is 9.01. The Hall–Kier alpha value is -4.07. The molecule has 0 spiro atoms. The number of unbranched alkanes of at least 4 members (excludes halogenated alkanes) is 1. The van der Waals surface area contributed by atoms with Gasteiger partial charge in [0.2, 0.25) is 0 Å². The maximum Gasteiger partial charge on any atom is 0.261 e. The van der Waals surface area contributed by atoms with Crippen molar-refractivity contribution in [1.29, 1.82) is 0 Å². The Labute approximate surface area is 230 Å². The molecule has 1 unspecified atom stereocenters. The van der Waals surface area contributed by atoms with E-state index in [1.54, 1.807) is 0 Å². The van der Waals surface area contributed by atoms with Crippen LogP contribution in [0.5, 0.6) is 0 Å². The molecule has 7 rings (SSSR count). The van der Waals surface area contributed by atoms with Crippen LogP contribution in [-0.2, 0) is 0 Å². The fourth-order valence-corrected chi connectivity index (χ4v) is 7.05. The van der Waals surface area contributed by atoms with Crippen LogP contribution >= 0.6 is 0 Å². The van der Waals surface area contributed by atoms with Gasteiger partial charge in [0.15, 0.2) is 6.23 Å². The molecule has 0 aliphatic carbocycles. The van der Waals surface area contributed by atoms with Gasteiger partial charge in [-0.05, 0) is 76.2 Å². The number of rotatable bonds is 7. The van der Waals surface area contributed by atoms with E-state index in [2.05, 4.69) is 0 Å². The molecule has 5 aromatic rings. The lowest BCUT2D eigenvalue weighted by molar-refractivity contribution is 0.00378. The maximum absolute atomic E-state index is 13.7.